The minimum atomic E-state index is 0.276. The molecule has 0 aliphatic carbocycles. The van der Waals surface area contributed by atoms with Gasteiger partial charge in [0, 0.05) is 11.4 Å². The molecule has 0 bridgehead atoms. The molecule has 0 radical (unpaired) electrons. The molecule has 0 saturated carbocycles. The first kappa shape index (κ1) is 28.5. The van der Waals surface area contributed by atoms with Crippen molar-refractivity contribution in [2.45, 2.75) is 98.8 Å². The topological polar surface area (TPSA) is 58.6 Å². The van der Waals surface area contributed by atoms with E-state index < -0.39 is 0 Å². The standard InChI is InChI=1S/C34H46N2O/c1-10-32(26-11-13-27(37)14-12-26)36-34-30(22(6)7)18-25(19-31(34)23(8)9)15-24-16-28(20(2)3)33(35)29(17-24)21(4)5/h11-14,16-23,37H,10,15,35H2,1-9H3. The highest BCUT2D eigenvalue weighted by Crippen LogP contribution is 2.38. The Bertz CT molecular complexity index is 1190. The van der Waals surface area contributed by atoms with Crippen LogP contribution in [0.3, 0.4) is 0 Å². The van der Waals surface area contributed by atoms with E-state index >= 15 is 0 Å². The van der Waals surface area contributed by atoms with Crippen LogP contribution in [0.15, 0.2) is 53.5 Å². The van der Waals surface area contributed by atoms with Gasteiger partial charge in [-0.25, -0.2) is 0 Å². The predicted octanol–water partition coefficient (Wildman–Crippen LogP) is 9.59. The average Bonchev–Trinajstić information content (AvgIpc) is 2.83. The number of aliphatic imine (C=N–C) groups is 1. The van der Waals surface area contributed by atoms with Gasteiger partial charge in [0.25, 0.3) is 0 Å². The van der Waals surface area contributed by atoms with Crippen molar-refractivity contribution in [1.82, 2.24) is 0 Å². The van der Waals surface area contributed by atoms with Crippen molar-refractivity contribution in [3.63, 3.8) is 0 Å². The monoisotopic (exact) mass is 498 g/mol. The van der Waals surface area contributed by atoms with E-state index in [4.69, 9.17) is 10.7 Å². The smallest absolute Gasteiger partial charge is 0.115 e. The third-order valence-electron chi connectivity index (χ3n) is 7.21. The summed E-state index contributed by atoms with van der Waals surface area (Å²) in [6.45, 7) is 20.1. The van der Waals surface area contributed by atoms with Crippen LogP contribution >= 0.6 is 0 Å². The van der Waals surface area contributed by atoms with Gasteiger partial charge in [-0.1, -0.05) is 86.6 Å². The normalized spacial score (nSPS) is 12.4. The second-order valence-electron chi connectivity index (χ2n) is 11.6. The molecular weight excluding hydrogens is 452 g/mol. The molecule has 0 saturated heterocycles. The number of benzene rings is 3. The number of aromatic hydroxyl groups is 1. The van der Waals surface area contributed by atoms with Crippen molar-refractivity contribution >= 4 is 17.1 Å². The molecule has 3 aromatic rings. The van der Waals surface area contributed by atoms with Crippen LogP contribution in [0.5, 0.6) is 5.75 Å². The van der Waals surface area contributed by atoms with E-state index in [1.165, 1.54) is 33.4 Å². The molecule has 0 atom stereocenters. The maximum Gasteiger partial charge on any atom is 0.115 e. The molecule has 0 heterocycles. The van der Waals surface area contributed by atoms with Crippen molar-refractivity contribution in [2.24, 2.45) is 4.99 Å². The van der Waals surface area contributed by atoms with Gasteiger partial charge >= 0.3 is 0 Å². The van der Waals surface area contributed by atoms with E-state index in [1.54, 1.807) is 12.1 Å². The molecule has 3 heteroatoms. The molecule has 0 unspecified atom stereocenters. The summed E-state index contributed by atoms with van der Waals surface area (Å²) < 4.78 is 0. The van der Waals surface area contributed by atoms with Crippen LogP contribution in [-0.2, 0) is 6.42 Å². The van der Waals surface area contributed by atoms with E-state index in [0.29, 0.717) is 23.7 Å². The summed E-state index contributed by atoms with van der Waals surface area (Å²) in [5, 5.41) is 9.75. The first-order chi connectivity index (χ1) is 17.4. The van der Waals surface area contributed by atoms with E-state index in [-0.39, 0.29) is 5.75 Å². The highest BCUT2D eigenvalue weighted by Gasteiger charge is 2.19. The van der Waals surface area contributed by atoms with Crippen molar-refractivity contribution in [2.75, 3.05) is 5.73 Å². The van der Waals surface area contributed by atoms with Gasteiger partial charge < -0.3 is 10.8 Å². The van der Waals surface area contributed by atoms with Crippen molar-refractivity contribution in [3.05, 3.63) is 87.5 Å². The zero-order valence-corrected chi connectivity index (χ0v) is 24.3. The lowest BCUT2D eigenvalue weighted by Gasteiger charge is -2.22. The molecule has 3 aromatic carbocycles. The van der Waals surface area contributed by atoms with Crippen LogP contribution in [0, 0.1) is 0 Å². The zero-order valence-electron chi connectivity index (χ0n) is 24.3. The molecule has 0 aliphatic rings. The molecule has 0 spiro atoms. The Kier molecular flexibility index (Phi) is 9.23. The first-order valence-electron chi connectivity index (χ1n) is 13.9. The maximum atomic E-state index is 9.75. The second-order valence-corrected chi connectivity index (χ2v) is 11.6. The van der Waals surface area contributed by atoms with Crippen LogP contribution in [0.1, 0.15) is 131 Å². The quantitative estimate of drug-likeness (QED) is 0.228. The van der Waals surface area contributed by atoms with Gasteiger partial charge in [0.15, 0.2) is 0 Å². The Labute approximate surface area is 224 Å². The lowest BCUT2D eigenvalue weighted by atomic mass is 9.86. The van der Waals surface area contributed by atoms with Gasteiger partial charge in [-0.2, -0.15) is 0 Å². The molecular formula is C34H46N2O. The highest BCUT2D eigenvalue weighted by atomic mass is 16.3. The SMILES string of the molecule is CCC(=Nc1c(C(C)C)cc(Cc2cc(C(C)C)c(N)c(C(C)C)c2)cc1C(C)C)c1ccc(O)cc1. The van der Waals surface area contributed by atoms with Crippen LogP contribution in [0.25, 0.3) is 0 Å². The third-order valence-corrected chi connectivity index (χ3v) is 7.21. The fraction of sp³-hybridized carbons (Fsp3) is 0.441. The van der Waals surface area contributed by atoms with Crippen molar-refractivity contribution < 1.29 is 5.11 Å². The van der Waals surface area contributed by atoms with Gasteiger partial charge in [0.05, 0.1) is 5.69 Å². The van der Waals surface area contributed by atoms with Crippen LogP contribution < -0.4 is 5.73 Å². The summed E-state index contributed by atoms with van der Waals surface area (Å²) in [7, 11) is 0. The summed E-state index contributed by atoms with van der Waals surface area (Å²) in [6.07, 6.45) is 1.70. The van der Waals surface area contributed by atoms with Crippen molar-refractivity contribution in [3.8, 4) is 5.75 Å². The first-order valence-corrected chi connectivity index (χ1v) is 13.9. The number of nitrogen functional groups attached to an aromatic ring is 1. The molecule has 3 N–H and O–H groups in total. The molecule has 0 fully saturated rings. The third kappa shape index (κ3) is 6.63. The molecule has 37 heavy (non-hydrogen) atoms. The van der Waals surface area contributed by atoms with Gasteiger partial charge in [0.1, 0.15) is 5.75 Å². The summed E-state index contributed by atoms with van der Waals surface area (Å²) in [5.74, 6) is 1.74. The van der Waals surface area contributed by atoms with E-state index in [2.05, 4.69) is 86.6 Å². The predicted molar refractivity (Wildman–Crippen MR) is 161 cm³/mol. The van der Waals surface area contributed by atoms with Crippen LogP contribution in [0.4, 0.5) is 11.4 Å². The number of phenols is 1. The summed E-state index contributed by atoms with van der Waals surface area (Å²) >= 11 is 0. The summed E-state index contributed by atoms with van der Waals surface area (Å²) in [5.41, 5.74) is 18.4. The lowest BCUT2D eigenvalue weighted by molar-refractivity contribution is 0.475. The van der Waals surface area contributed by atoms with E-state index in [9.17, 15) is 5.11 Å². The minimum absolute atomic E-state index is 0.276. The lowest BCUT2D eigenvalue weighted by Crippen LogP contribution is -2.06. The zero-order chi connectivity index (χ0) is 27.4. The number of hydrogen-bond acceptors (Lipinski definition) is 3. The maximum absolute atomic E-state index is 9.75. The fourth-order valence-electron chi connectivity index (χ4n) is 5.05. The minimum Gasteiger partial charge on any atom is -0.508 e. The van der Waals surface area contributed by atoms with E-state index in [1.807, 2.05) is 12.1 Å². The number of phenolic OH excluding ortho intramolecular Hbond substituents is 1. The molecule has 3 nitrogen and oxygen atoms in total. The number of rotatable bonds is 9. The van der Waals surface area contributed by atoms with Crippen molar-refractivity contribution in [1.29, 1.82) is 0 Å². The highest BCUT2D eigenvalue weighted by molar-refractivity contribution is 6.02. The molecule has 0 aliphatic heterocycles. The largest absolute Gasteiger partial charge is 0.508 e. The number of anilines is 1. The molecule has 198 valence electrons. The Morgan fingerprint density at radius 3 is 1.49 bits per heavy atom. The summed E-state index contributed by atoms with van der Waals surface area (Å²) in [4.78, 5) is 5.27. The number of nitrogens with zero attached hydrogens (tertiary/aromatic N) is 1. The van der Waals surface area contributed by atoms with Crippen LogP contribution in [0.2, 0.25) is 0 Å². The van der Waals surface area contributed by atoms with Gasteiger partial charge in [-0.15, -0.1) is 0 Å². The number of hydrogen-bond donors (Lipinski definition) is 2. The van der Waals surface area contributed by atoms with E-state index in [0.717, 1.165) is 35.5 Å². The Morgan fingerprint density at radius 1 is 0.703 bits per heavy atom. The summed E-state index contributed by atoms with van der Waals surface area (Å²) in [6, 6.07) is 16.7. The molecule has 3 rings (SSSR count). The fourth-order valence-corrected chi connectivity index (χ4v) is 5.05. The van der Waals surface area contributed by atoms with Crippen LogP contribution in [-0.4, -0.2) is 10.8 Å². The molecule has 0 aromatic heterocycles. The Morgan fingerprint density at radius 2 is 1.11 bits per heavy atom. The number of nitrogens with two attached hydrogens (primary N) is 1. The Hall–Kier alpha value is -3.07. The van der Waals surface area contributed by atoms with Gasteiger partial charge in [-0.05, 0) is 99.7 Å². The molecule has 0 amide bonds. The van der Waals surface area contributed by atoms with Gasteiger partial charge in [0.2, 0.25) is 0 Å². The average molecular weight is 499 g/mol. The second kappa shape index (κ2) is 12.0. The Balaban J connectivity index is 2.16. The van der Waals surface area contributed by atoms with Gasteiger partial charge in [-0.3, -0.25) is 4.99 Å².